The van der Waals surface area contributed by atoms with Gasteiger partial charge in [-0.25, -0.2) is 0 Å². The predicted octanol–water partition coefficient (Wildman–Crippen LogP) is 3.81. The normalized spacial score (nSPS) is 19.7. The van der Waals surface area contributed by atoms with Crippen molar-refractivity contribution in [2.24, 2.45) is 5.92 Å². The monoisotopic (exact) mass is 324 g/mol. The van der Waals surface area contributed by atoms with Crippen molar-refractivity contribution >= 4 is 10.8 Å². The highest BCUT2D eigenvalue weighted by Crippen LogP contribution is 2.30. The topological polar surface area (TPSA) is 24.5 Å². The highest BCUT2D eigenvalue weighted by Gasteiger charge is 2.24. The van der Waals surface area contributed by atoms with Crippen molar-refractivity contribution < 1.29 is 4.74 Å². The summed E-state index contributed by atoms with van der Waals surface area (Å²) in [5, 5.41) is 6.32. The third-order valence-electron chi connectivity index (χ3n) is 5.57. The molecule has 1 aliphatic carbocycles. The molecular weight excluding hydrogens is 296 g/mol. The summed E-state index contributed by atoms with van der Waals surface area (Å²) in [6, 6.07) is 13.7. The Morgan fingerprint density at radius 2 is 1.75 bits per heavy atom. The Bertz CT molecular complexity index is 687. The standard InChI is InChI=1S/C21H28N2O/c1-24-21-9-8-17(19-4-2-3-5-20(19)21)15-23-12-10-18(11-13-23)22-14-16-6-7-16/h2-5,8-9,16,18,22H,6-7,10-15H2,1H3. The van der Waals surface area contributed by atoms with Crippen LogP contribution in [0.4, 0.5) is 0 Å². The molecule has 0 atom stereocenters. The van der Waals surface area contributed by atoms with E-state index in [0.29, 0.717) is 0 Å². The Balaban J connectivity index is 1.40. The van der Waals surface area contributed by atoms with Crippen molar-refractivity contribution in [1.82, 2.24) is 10.2 Å². The van der Waals surface area contributed by atoms with E-state index in [4.69, 9.17) is 4.74 Å². The molecule has 2 aromatic carbocycles. The number of rotatable bonds is 6. The lowest BCUT2D eigenvalue weighted by molar-refractivity contribution is 0.190. The summed E-state index contributed by atoms with van der Waals surface area (Å²) in [5.74, 6) is 1.95. The van der Waals surface area contributed by atoms with Crippen LogP contribution in [0, 0.1) is 5.92 Å². The molecule has 1 heterocycles. The van der Waals surface area contributed by atoms with Crippen molar-refractivity contribution in [3.63, 3.8) is 0 Å². The first kappa shape index (κ1) is 15.9. The molecule has 128 valence electrons. The fraction of sp³-hybridized carbons (Fsp3) is 0.524. The largest absolute Gasteiger partial charge is 0.496 e. The maximum absolute atomic E-state index is 5.52. The second kappa shape index (κ2) is 7.12. The molecule has 2 aromatic rings. The second-order valence-electron chi connectivity index (χ2n) is 7.37. The van der Waals surface area contributed by atoms with E-state index in [0.717, 1.165) is 24.3 Å². The van der Waals surface area contributed by atoms with E-state index in [1.165, 1.54) is 61.7 Å². The Kier molecular flexibility index (Phi) is 4.72. The number of fused-ring (bicyclic) bond motifs is 1. The first-order valence-corrected chi connectivity index (χ1v) is 9.34. The molecule has 0 aromatic heterocycles. The van der Waals surface area contributed by atoms with Gasteiger partial charge in [-0.05, 0) is 68.3 Å². The molecule has 1 saturated heterocycles. The smallest absolute Gasteiger partial charge is 0.126 e. The summed E-state index contributed by atoms with van der Waals surface area (Å²) in [6.07, 6.45) is 5.44. The van der Waals surface area contributed by atoms with Gasteiger partial charge in [0.05, 0.1) is 7.11 Å². The number of hydrogen-bond acceptors (Lipinski definition) is 3. The van der Waals surface area contributed by atoms with Gasteiger partial charge in [0.1, 0.15) is 5.75 Å². The summed E-state index contributed by atoms with van der Waals surface area (Å²) in [7, 11) is 1.75. The third kappa shape index (κ3) is 3.57. The van der Waals surface area contributed by atoms with Gasteiger partial charge in [0.2, 0.25) is 0 Å². The molecule has 0 bridgehead atoms. The Hall–Kier alpha value is -1.58. The minimum Gasteiger partial charge on any atom is -0.496 e. The zero-order chi connectivity index (χ0) is 16.4. The Morgan fingerprint density at radius 3 is 2.46 bits per heavy atom. The van der Waals surface area contributed by atoms with Crippen LogP contribution in [-0.4, -0.2) is 37.7 Å². The van der Waals surface area contributed by atoms with Crippen LogP contribution in [-0.2, 0) is 6.54 Å². The van der Waals surface area contributed by atoms with E-state index in [1.54, 1.807) is 7.11 Å². The van der Waals surface area contributed by atoms with Gasteiger partial charge in [-0.15, -0.1) is 0 Å². The van der Waals surface area contributed by atoms with Crippen molar-refractivity contribution in [3.05, 3.63) is 42.0 Å². The molecule has 2 aliphatic rings. The molecule has 0 radical (unpaired) electrons. The van der Waals surface area contributed by atoms with Crippen LogP contribution < -0.4 is 10.1 Å². The number of hydrogen-bond donors (Lipinski definition) is 1. The Labute approximate surface area is 145 Å². The molecule has 4 rings (SSSR count). The molecule has 0 unspecified atom stereocenters. The van der Waals surface area contributed by atoms with Gasteiger partial charge in [-0.3, -0.25) is 4.90 Å². The average molecular weight is 324 g/mol. The summed E-state index contributed by atoms with van der Waals surface area (Å²) in [5.41, 5.74) is 1.41. The van der Waals surface area contributed by atoms with Crippen LogP contribution >= 0.6 is 0 Å². The molecule has 1 aliphatic heterocycles. The summed E-state index contributed by atoms with van der Waals surface area (Å²) >= 11 is 0. The van der Waals surface area contributed by atoms with Crippen LogP contribution in [0.1, 0.15) is 31.2 Å². The fourth-order valence-corrected chi connectivity index (χ4v) is 3.84. The number of piperidine rings is 1. The zero-order valence-electron chi connectivity index (χ0n) is 14.6. The van der Waals surface area contributed by atoms with Crippen molar-refractivity contribution in [1.29, 1.82) is 0 Å². The molecular formula is C21H28N2O. The molecule has 24 heavy (non-hydrogen) atoms. The SMILES string of the molecule is COc1ccc(CN2CCC(NCC3CC3)CC2)c2ccccc12. The number of benzene rings is 2. The maximum atomic E-state index is 5.52. The lowest BCUT2D eigenvalue weighted by Crippen LogP contribution is -2.42. The predicted molar refractivity (Wildman–Crippen MR) is 99.5 cm³/mol. The van der Waals surface area contributed by atoms with Crippen LogP contribution in [0.25, 0.3) is 10.8 Å². The van der Waals surface area contributed by atoms with Crippen molar-refractivity contribution in [3.8, 4) is 5.75 Å². The number of methoxy groups -OCH3 is 1. The number of ether oxygens (including phenoxy) is 1. The number of nitrogens with zero attached hydrogens (tertiary/aromatic N) is 1. The second-order valence-corrected chi connectivity index (χ2v) is 7.37. The molecule has 0 spiro atoms. The molecule has 1 saturated carbocycles. The van der Waals surface area contributed by atoms with Gasteiger partial charge < -0.3 is 10.1 Å². The Morgan fingerprint density at radius 1 is 1.00 bits per heavy atom. The van der Waals surface area contributed by atoms with Crippen LogP contribution in [0.15, 0.2) is 36.4 Å². The van der Waals surface area contributed by atoms with E-state index in [-0.39, 0.29) is 0 Å². The fourth-order valence-electron chi connectivity index (χ4n) is 3.84. The maximum Gasteiger partial charge on any atom is 0.126 e. The lowest BCUT2D eigenvalue weighted by atomic mass is 10.0. The number of nitrogens with one attached hydrogen (secondary N) is 1. The van der Waals surface area contributed by atoms with Crippen molar-refractivity contribution in [2.75, 3.05) is 26.7 Å². The van der Waals surface area contributed by atoms with E-state index in [1.807, 2.05) is 0 Å². The minimum absolute atomic E-state index is 0.731. The van der Waals surface area contributed by atoms with Crippen LogP contribution in [0.2, 0.25) is 0 Å². The molecule has 3 nitrogen and oxygen atoms in total. The van der Waals surface area contributed by atoms with Gasteiger partial charge in [0.15, 0.2) is 0 Å². The highest BCUT2D eigenvalue weighted by atomic mass is 16.5. The summed E-state index contributed by atoms with van der Waals surface area (Å²) in [4.78, 5) is 2.60. The molecule has 1 N–H and O–H groups in total. The van der Waals surface area contributed by atoms with Gasteiger partial charge in [-0.1, -0.05) is 30.3 Å². The van der Waals surface area contributed by atoms with Gasteiger partial charge in [0, 0.05) is 18.0 Å². The highest BCUT2D eigenvalue weighted by molar-refractivity contribution is 5.91. The third-order valence-corrected chi connectivity index (χ3v) is 5.57. The first-order chi connectivity index (χ1) is 11.8. The van der Waals surface area contributed by atoms with Crippen LogP contribution in [0.5, 0.6) is 5.75 Å². The quantitative estimate of drug-likeness (QED) is 0.874. The van der Waals surface area contributed by atoms with Gasteiger partial charge >= 0.3 is 0 Å². The van der Waals surface area contributed by atoms with E-state index >= 15 is 0 Å². The van der Waals surface area contributed by atoms with E-state index in [2.05, 4.69) is 46.6 Å². The van der Waals surface area contributed by atoms with Crippen molar-refractivity contribution in [2.45, 2.75) is 38.3 Å². The number of likely N-dealkylation sites (tertiary alicyclic amines) is 1. The molecule has 3 heteroatoms. The summed E-state index contributed by atoms with van der Waals surface area (Å²) < 4.78 is 5.52. The van der Waals surface area contributed by atoms with E-state index in [9.17, 15) is 0 Å². The zero-order valence-corrected chi connectivity index (χ0v) is 14.6. The molecule has 2 fully saturated rings. The summed E-state index contributed by atoms with van der Waals surface area (Å²) in [6.45, 7) is 4.68. The lowest BCUT2D eigenvalue weighted by Gasteiger charge is -2.32. The minimum atomic E-state index is 0.731. The van der Waals surface area contributed by atoms with Crippen LogP contribution in [0.3, 0.4) is 0 Å². The van der Waals surface area contributed by atoms with Gasteiger partial charge in [-0.2, -0.15) is 0 Å². The first-order valence-electron chi connectivity index (χ1n) is 9.34. The van der Waals surface area contributed by atoms with Gasteiger partial charge in [0.25, 0.3) is 0 Å². The molecule has 0 amide bonds. The average Bonchev–Trinajstić information content (AvgIpc) is 3.46. The van der Waals surface area contributed by atoms with E-state index < -0.39 is 0 Å².